The van der Waals surface area contributed by atoms with Crippen LogP contribution in [0.2, 0.25) is 0 Å². The smallest absolute Gasteiger partial charge is 0.164 e. The third-order valence-electron chi connectivity index (χ3n) is 11.5. The number of fused-ring (bicyclic) bond motifs is 4. The van der Waals surface area contributed by atoms with Crippen molar-refractivity contribution in [2.75, 3.05) is 0 Å². The van der Waals surface area contributed by atoms with Crippen LogP contribution in [0.15, 0.2) is 224 Å². The Bertz CT molecular complexity index is 3340. The van der Waals surface area contributed by atoms with Gasteiger partial charge in [0.05, 0.1) is 0 Å². The normalized spacial score (nSPS) is 11.3. The maximum Gasteiger partial charge on any atom is 0.164 e. The Morgan fingerprint density at radius 3 is 1.42 bits per heavy atom. The fourth-order valence-corrected chi connectivity index (χ4v) is 8.62. The molecular formula is C57H37N3. The van der Waals surface area contributed by atoms with Crippen molar-refractivity contribution in [2.24, 2.45) is 0 Å². The molecule has 0 unspecified atom stereocenters. The Balaban J connectivity index is 1.12. The van der Waals surface area contributed by atoms with Crippen LogP contribution in [-0.4, -0.2) is 15.0 Å². The van der Waals surface area contributed by atoms with Crippen LogP contribution in [-0.2, 0) is 0 Å². The molecule has 0 aliphatic carbocycles. The zero-order valence-corrected chi connectivity index (χ0v) is 32.7. The largest absolute Gasteiger partial charge is 0.208 e. The Kier molecular flexibility index (Phi) is 8.83. The minimum absolute atomic E-state index is 0.613. The number of rotatable bonds is 7. The highest BCUT2D eigenvalue weighted by Crippen LogP contribution is 2.41. The quantitative estimate of drug-likeness (QED) is 0.120. The zero-order valence-electron chi connectivity index (χ0n) is 32.7. The molecule has 11 aromatic rings. The van der Waals surface area contributed by atoms with Crippen LogP contribution < -0.4 is 0 Å². The maximum absolute atomic E-state index is 5.34. The van der Waals surface area contributed by atoms with E-state index in [9.17, 15) is 0 Å². The lowest BCUT2D eigenvalue weighted by atomic mass is 9.89. The monoisotopic (exact) mass is 763 g/mol. The van der Waals surface area contributed by atoms with E-state index < -0.39 is 0 Å². The number of hydrogen-bond donors (Lipinski definition) is 0. The molecule has 1 heterocycles. The van der Waals surface area contributed by atoms with Crippen molar-refractivity contribution in [1.82, 2.24) is 15.0 Å². The van der Waals surface area contributed by atoms with E-state index in [4.69, 9.17) is 15.0 Å². The van der Waals surface area contributed by atoms with Gasteiger partial charge in [0.2, 0.25) is 0 Å². The Labute approximate surface area is 349 Å². The lowest BCUT2D eigenvalue weighted by Gasteiger charge is -2.16. The van der Waals surface area contributed by atoms with Crippen molar-refractivity contribution in [2.45, 2.75) is 0 Å². The SMILES string of the molecule is c1ccc(-c2ccc(-c3ccccc3)c(-c3nc(-c4ccc(-c5c6ccccc6cc6c5ccc5ccccc56)cc4)nc(-c4ccccc4-c4ccccc4)n3)c2)cc1. The second-order valence-corrected chi connectivity index (χ2v) is 15.1. The average molecular weight is 764 g/mol. The summed E-state index contributed by atoms with van der Waals surface area (Å²) < 4.78 is 0. The van der Waals surface area contributed by atoms with Crippen molar-refractivity contribution in [3.63, 3.8) is 0 Å². The molecule has 0 N–H and O–H groups in total. The minimum atomic E-state index is 0.613. The fourth-order valence-electron chi connectivity index (χ4n) is 8.62. The molecule has 0 bridgehead atoms. The Morgan fingerprint density at radius 1 is 0.217 bits per heavy atom. The average Bonchev–Trinajstić information content (AvgIpc) is 3.34. The van der Waals surface area contributed by atoms with Crippen LogP contribution in [0.25, 0.3) is 111 Å². The molecule has 10 aromatic carbocycles. The van der Waals surface area contributed by atoms with Crippen molar-refractivity contribution < 1.29 is 0 Å². The van der Waals surface area contributed by atoms with Gasteiger partial charge in [0.1, 0.15) is 0 Å². The molecule has 11 rings (SSSR count). The molecule has 3 nitrogen and oxygen atoms in total. The zero-order chi connectivity index (χ0) is 39.8. The van der Waals surface area contributed by atoms with Gasteiger partial charge >= 0.3 is 0 Å². The van der Waals surface area contributed by atoms with Gasteiger partial charge in [0.25, 0.3) is 0 Å². The van der Waals surface area contributed by atoms with Crippen LogP contribution in [0.4, 0.5) is 0 Å². The highest BCUT2D eigenvalue weighted by molar-refractivity contribution is 6.20. The van der Waals surface area contributed by atoms with Gasteiger partial charge in [-0.2, -0.15) is 0 Å². The van der Waals surface area contributed by atoms with E-state index in [0.717, 1.165) is 55.6 Å². The number of benzene rings is 10. The summed E-state index contributed by atoms with van der Waals surface area (Å²) >= 11 is 0. The van der Waals surface area contributed by atoms with E-state index in [2.05, 4.69) is 206 Å². The second-order valence-electron chi connectivity index (χ2n) is 15.1. The van der Waals surface area contributed by atoms with Crippen LogP contribution >= 0.6 is 0 Å². The summed E-state index contributed by atoms with van der Waals surface area (Å²) in [6, 6.07) is 79.4. The molecule has 0 amide bonds. The first-order valence-corrected chi connectivity index (χ1v) is 20.4. The molecule has 3 heteroatoms. The van der Waals surface area contributed by atoms with Gasteiger partial charge in [-0.3, -0.25) is 0 Å². The second kappa shape index (κ2) is 15.1. The molecule has 0 saturated carbocycles. The third-order valence-corrected chi connectivity index (χ3v) is 11.5. The Morgan fingerprint density at radius 2 is 0.717 bits per heavy atom. The number of hydrogen-bond acceptors (Lipinski definition) is 3. The van der Waals surface area contributed by atoms with Crippen LogP contribution in [0.1, 0.15) is 0 Å². The van der Waals surface area contributed by atoms with Gasteiger partial charge in [-0.15, -0.1) is 0 Å². The third kappa shape index (κ3) is 6.39. The van der Waals surface area contributed by atoms with E-state index in [1.165, 1.54) is 37.9 Å². The Hall–Kier alpha value is -8.01. The van der Waals surface area contributed by atoms with E-state index in [1.54, 1.807) is 0 Å². The summed E-state index contributed by atoms with van der Waals surface area (Å²) in [5.74, 6) is 1.85. The van der Waals surface area contributed by atoms with Gasteiger partial charge < -0.3 is 0 Å². The summed E-state index contributed by atoms with van der Waals surface area (Å²) in [5.41, 5.74) is 11.7. The standard InChI is InChI=1S/C57H37N3/c1-4-16-38(17-5-1)44-33-34-48(40-20-8-3-9-21-40)53(36-44)57-59-55(58-56(60-57)51-27-15-14-24-46(51)39-18-6-2-7-19-39)43-30-28-42(29-31-43)54-49-26-13-11-23-45(49)37-52-47-25-12-10-22-41(47)32-35-50(52)54/h1-37H. The molecule has 0 fully saturated rings. The van der Waals surface area contributed by atoms with Gasteiger partial charge in [0, 0.05) is 16.7 Å². The molecule has 0 saturated heterocycles. The van der Waals surface area contributed by atoms with Gasteiger partial charge in [-0.1, -0.05) is 212 Å². The maximum atomic E-state index is 5.34. The minimum Gasteiger partial charge on any atom is -0.208 e. The van der Waals surface area contributed by atoms with Crippen LogP contribution in [0.5, 0.6) is 0 Å². The molecule has 0 spiro atoms. The molecule has 0 atom stereocenters. The lowest BCUT2D eigenvalue weighted by Crippen LogP contribution is -2.02. The van der Waals surface area contributed by atoms with Gasteiger partial charge in [-0.05, 0) is 89.0 Å². The van der Waals surface area contributed by atoms with Crippen molar-refractivity contribution in [3.8, 4) is 78.7 Å². The predicted molar refractivity (Wildman–Crippen MR) is 250 cm³/mol. The highest BCUT2D eigenvalue weighted by Gasteiger charge is 2.20. The number of nitrogens with zero attached hydrogens (tertiary/aromatic N) is 3. The van der Waals surface area contributed by atoms with E-state index in [0.29, 0.717) is 17.5 Å². The molecule has 0 aliphatic rings. The van der Waals surface area contributed by atoms with Crippen LogP contribution in [0.3, 0.4) is 0 Å². The summed E-state index contributed by atoms with van der Waals surface area (Å²) in [6.07, 6.45) is 0. The molecular weight excluding hydrogens is 727 g/mol. The van der Waals surface area contributed by atoms with E-state index in [1.807, 2.05) is 18.2 Å². The van der Waals surface area contributed by atoms with Gasteiger partial charge in [-0.25, -0.2) is 15.0 Å². The van der Waals surface area contributed by atoms with Gasteiger partial charge in [0.15, 0.2) is 17.5 Å². The highest BCUT2D eigenvalue weighted by atomic mass is 15.0. The molecule has 0 radical (unpaired) electrons. The molecule has 60 heavy (non-hydrogen) atoms. The number of aromatic nitrogens is 3. The van der Waals surface area contributed by atoms with Crippen molar-refractivity contribution >= 4 is 32.3 Å². The van der Waals surface area contributed by atoms with E-state index >= 15 is 0 Å². The first-order chi connectivity index (χ1) is 29.7. The first-order valence-electron chi connectivity index (χ1n) is 20.4. The van der Waals surface area contributed by atoms with Crippen molar-refractivity contribution in [3.05, 3.63) is 224 Å². The summed E-state index contributed by atoms with van der Waals surface area (Å²) in [6.45, 7) is 0. The summed E-state index contributed by atoms with van der Waals surface area (Å²) in [5, 5.41) is 7.42. The first kappa shape index (κ1) is 35.2. The van der Waals surface area contributed by atoms with Crippen LogP contribution in [0, 0.1) is 0 Å². The van der Waals surface area contributed by atoms with Crippen molar-refractivity contribution in [1.29, 1.82) is 0 Å². The lowest BCUT2D eigenvalue weighted by molar-refractivity contribution is 1.07. The molecule has 1 aromatic heterocycles. The molecule has 280 valence electrons. The summed E-state index contributed by atoms with van der Waals surface area (Å²) in [7, 11) is 0. The van der Waals surface area contributed by atoms with E-state index in [-0.39, 0.29) is 0 Å². The topological polar surface area (TPSA) is 38.7 Å². The summed E-state index contributed by atoms with van der Waals surface area (Å²) in [4.78, 5) is 16.0. The predicted octanol–water partition coefficient (Wildman–Crippen LogP) is 15.0. The fraction of sp³-hybridized carbons (Fsp3) is 0. The molecule has 0 aliphatic heterocycles.